The van der Waals surface area contributed by atoms with Gasteiger partial charge in [-0.15, -0.1) is 0 Å². The van der Waals surface area contributed by atoms with Crippen LogP contribution in [0.5, 0.6) is 5.75 Å². The predicted octanol–water partition coefficient (Wildman–Crippen LogP) is 2.20. The van der Waals surface area contributed by atoms with Crippen molar-refractivity contribution in [3.8, 4) is 17.1 Å². The third-order valence-electron chi connectivity index (χ3n) is 5.50. The van der Waals surface area contributed by atoms with E-state index in [-0.39, 0.29) is 0 Å². The Labute approximate surface area is 181 Å². The number of H-pyrrole nitrogens is 1. The highest BCUT2D eigenvalue weighted by molar-refractivity contribution is 5.87. The lowest BCUT2D eigenvalue weighted by atomic mass is 10.2. The van der Waals surface area contributed by atoms with Crippen LogP contribution in [0, 0.1) is 0 Å². The highest BCUT2D eigenvalue weighted by Gasteiger charge is 2.13. The van der Waals surface area contributed by atoms with Gasteiger partial charge in [-0.05, 0) is 56.7 Å². The van der Waals surface area contributed by atoms with Crippen LogP contribution in [0.15, 0.2) is 36.5 Å². The number of para-hydroxylation sites is 1. The van der Waals surface area contributed by atoms with Crippen molar-refractivity contribution in [3.63, 3.8) is 0 Å². The van der Waals surface area contributed by atoms with Gasteiger partial charge in [-0.1, -0.05) is 6.07 Å². The Morgan fingerprint density at radius 1 is 1.26 bits per heavy atom. The molecular weight excluding hydrogens is 394 g/mol. The van der Waals surface area contributed by atoms with Crippen molar-refractivity contribution in [2.75, 3.05) is 51.2 Å². The van der Waals surface area contributed by atoms with Crippen molar-refractivity contribution in [1.29, 1.82) is 0 Å². The van der Waals surface area contributed by atoms with E-state index >= 15 is 0 Å². The summed E-state index contributed by atoms with van der Waals surface area (Å²) in [5.74, 6) is 1.92. The molecule has 9 nitrogen and oxygen atoms in total. The summed E-state index contributed by atoms with van der Waals surface area (Å²) in [6.45, 7) is 6.56. The van der Waals surface area contributed by atoms with Gasteiger partial charge in [0.15, 0.2) is 5.75 Å². The Morgan fingerprint density at radius 3 is 2.97 bits per heavy atom. The summed E-state index contributed by atoms with van der Waals surface area (Å²) in [6.07, 6.45) is 3.26. The number of pyridine rings is 1. The van der Waals surface area contributed by atoms with Gasteiger partial charge in [-0.3, -0.25) is 0 Å². The molecule has 1 aliphatic heterocycles. The van der Waals surface area contributed by atoms with Crippen molar-refractivity contribution < 1.29 is 9.53 Å². The number of amides is 1. The van der Waals surface area contributed by atoms with Gasteiger partial charge < -0.3 is 30.6 Å². The summed E-state index contributed by atoms with van der Waals surface area (Å²) < 4.78 is 5.04. The smallest absolute Gasteiger partial charge is 0.408 e. The van der Waals surface area contributed by atoms with E-state index in [0.29, 0.717) is 17.1 Å². The fourth-order valence-electron chi connectivity index (χ4n) is 3.86. The molecule has 1 amide bonds. The number of hydrogen-bond donors (Lipinski definition) is 3. The highest BCUT2D eigenvalue weighted by atomic mass is 16.5. The molecule has 164 valence electrons. The fourth-order valence-corrected chi connectivity index (χ4v) is 3.86. The maximum atomic E-state index is 11.1. The average Bonchev–Trinajstić information content (AvgIpc) is 3.04. The lowest BCUT2D eigenvalue weighted by Crippen LogP contribution is -2.31. The quantitative estimate of drug-likeness (QED) is 0.534. The Bertz CT molecular complexity index is 1010. The van der Waals surface area contributed by atoms with Crippen molar-refractivity contribution >= 4 is 22.9 Å². The topological polar surface area (TPSA) is 112 Å². The van der Waals surface area contributed by atoms with Crippen LogP contribution in [-0.2, 0) is 0 Å². The molecule has 0 unspecified atom stereocenters. The van der Waals surface area contributed by atoms with Crippen LogP contribution < -0.4 is 20.7 Å². The molecular formula is C22H29N7O2. The molecule has 0 aliphatic carbocycles. The SMILES string of the molecule is CN(CCCN1CCCNCC1)c1ccc(-c2nc3c(OC(N)=O)cccc3[nH]2)cn1. The van der Waals surface area contributed by atoms with E-state index in [4.69, 9.17) is 10.5 Å². The van der Waals surface area contributed by atoms with Gasteiger partial charge in [-0.2, -0.15) is 0 Å². The summed E-state index contributed by atoms with van der Waals surface area (Å²) in [7, 11) is 2.07. The first kappa shape index (κ1) is 21.1. The number of imidazole rings is 1. The zero-order valence-electron chi connectivity index (χ0n) is 17.8. The molecule has 1 saturated heterocycles. The molecule has 1 aromatic carbocycles. The summed E-state index contributed by atoms with van der Waals surface area (Å²) in [5.41, 5.74) is 7.32. The fraction of sp³-hybridized carbons (Fsp3) is 0.409. The van der Waals surface area contributed by atoms with E-state index < -0.39 is 6.09 Å². The number of aromatic amines is 1. The maximum Gasteiger partial charge on any atom is 0.410 e. The zero-order valence-corrected chi connectivity index (χ0v) is 17.8. The van der Waals surface area contributed by atoms with Crippen molar-refractivity contribution in [1.82, 2.24) is 25.2 Å². The second kappa shape index (κ2) is 9.76. The number of rotatable bonds is 7. The zero-order chi connectivity index (χ0) is 21.6. The monoisotopic (exact) mass is 423 g/mol. The van der Waals surface area contributed by atoms with Crippen LogP contribution in [0.3, 0.4) is 0 Å². The molecule has 4 rings (SSSR count). The summed E-state index contributed by atoms with van der Waals surface area (Å²) in [4.78, 5) is 28.2. The molecule has 1 aliphatic rings. The predicted molar refractivity (Wildman–Crippen MR) is 121 cm³/mol. The minimum absolute atomic E-state index is 0.331. The van der Waals surface area contributed by atoms with E-state index in [0.717, 1.165) is 56.0 Å². The van der Waals surface area contributed by atoms with Gasteiger partial charge in [0.2, 0.25) is 0 Å². The van der Waals surface area contributed by atoms with Crippen LogP contribution in [0.1, 0.15) is 12.8 Å². The molecule has 2 aromatic heterocycles. The van der Waals surface area contributed by atoms with Crippen molar-refractivity contribution in [3.05, 3.63) is 36.5 Å². The van der Waals surface area contributed by atoms with Gasteiger partial charge in [0.1, 0.15) is 17.2 Å². The van der Waals surface area contributed by atoms with Crippen LogP contribution in [-0.4, -0.2) is 72.3 Å². The Balaban J connectivity index is 1.39. The summed E-state index contributed by atoms with van der Waals surface area (Å²) in [6, 6.07) is 9.30. The molecule has 0 spiro atoms. The van der Waals surface area contributed by atoms with E-state index in [1.54, 1.807) is 18.3 Å². The van der Waals surface area contributed by atoms with Gasteiger partial charge in [-0.25, -0.2) is 14.8 Å². The highest BCUT2D eigenvalue weighted by Crippen LogP contribution is 2.27. The van der Waals surface area contributed by atoms with Crippen LogP contribution in [0.25, 0.3) is 22.4 Å². The third-order valence-corrected chi connectivity index (χ3v) is 5.50. The molecule has 3 heterocycles. The molecule has 0 atom stereocenters. The number of nitrogens with one attached hydrogen (secondary N) is 2. The third kappa shape index (κ3) is 5.31. The number of ether oxygens (including phenoxy) is 1. The second-order valence-electron chi connectivity index (χ2n) is 7.78. The molecule has 0 saturated carbocycles. The first-order valence-electron chi connectivity index (χ1n) is 10.7. The maximum absolute atomic E-state index is 11.1. The number of aromatic nitrogens is 3. The standard InChI is InChI=1S/C22H29N7O2/c1-28(11-4-13-29-12-3-9-24-10-14-29)19-8-7-16(15-25-19)21-26-17-5-2-6-18(20(17)27-21)31-22(23)30/h2,5-8,15,24H,3-4,9-14H2,1H3,(H2,23,30)(H,26,27). The van der Waals surface area contributed by atoms with Gasteiger partial charge in [0.25, 0.3) is 0 Å². The molecule has 9 heteroatoms. The van der Waals surface area contributed by atoms with Crippen LogP contribution in [0.2, 0.25) is 0 Å². The largest absolute Gasteiger partial charge is 0.410 e. The first-order valence-corrected chi connectivity index (χ1v) is 10.7. The number of carbonyl (C=O) groups is 1. The Kier molecular flexibility index (Phi) is 6.63. The molecule has 0 radical (unpaired) electrons. The molecule has 3 aromatic rings. The number of primary amides is 1. The lowest BCUT2D eigenvalue weighted by molar-refractivity contribution is 0.211. The minimum Gasteiger partial charge on any atom is -0.408 e. The number of benzene rings is 1. The van der Waals surface area contributed by atoms with Crippen molar-refractivity contribution in [2.24, 2.45) is 5.73 Å². The number of carbonyl (C=O) groups excluding carboxylic acids is 1. The number of nitrogens with two attached hydrogens (primary N) is 1. The van der Waals surface area contributed by atoms with E-state index in [1.807, 2.05) is 18.2 Å². The Hall–Kier alpha value is -3.17. The normalized spacial score (nSPS) is 15.0. The van der Waals surface area contributed by atoms with E-state index in [9.17, 15) is 4.79 Å². The average molecular weight is 424 g/mol. The van der Waals surface area contributed by atoms with Crippen LogP contribution in [0.4, 0.5) is 10.6 Å². The van der Waals surface area contributed by atoms with Gasteiger partial charge >= 0.3 is 6.09 Å². The molecule has 31 heavy (non-hydrogen) atoms. The first-order chi connectivity index (χ1) is 15.1. The summed E-state index contributed by atoms with van der Waals surface area (Å²) >= 11 is 0. The minimum atomic E-state index is -0.862. The molecule has 1 fully saturated rings. The number of anilines is 1. The molecule has 4 N–H and O–H groups in total. The number of fused-ring (bicyclic) bond motifs is 1. The summed E-state index contributed by atoms with van der Waals surface area (Å²) in [5, 5.41) is 3.44. The van der Waals surface area contributed by atoms with Crippen LogP contribution >= 0.6 is 0 Å². The van der Waals surface area contributed by atoms with Gasteiger partial charge in [0, 0.05) is 38.4 Å². The number of hydrogen-bond acceptors (Lipinski definition) is 7. The van der Waals surface area contributed by atoms with E-state index in [2.05, 4.69) is 37.1 Å². The van der Waals surface area contributed by atoms with E-state index in [1.165, 1.54) is 13.0 Å². The Morgan fingerprint density at radius 2 is 2.16 bits per heavy atom. The van der Waals surface area contributed by atoms with Crippen molar-refractivity contribution in [2.45, 2.75) is 12.8 Å². The van der Waals surface area contributed by atoms with Gasteiger partial charge in [0.05, 0.1) is 5.52 Å². The molecule has 0 bridgehead atoms. The lowest BCUT2D eigenvalue weighted by Gasteiger charge is -2.22. The second-order valence-corrected chi connectivity index (χ2v) is 7.78. The number of nitrogens with zero attached hydrogens (tertiary/aromatic N) is 4.